The molecule has 0 fully saturated rings. The molecule has 1 aromatic heterocycles. The molecule has 96 valence electrons. The third kappa shape index (κ3) is 2.82. The van der Waals surface area contributed by atoms with Crippen molar-refractivity contribution in [1.29, 1.82) is 0 Å². The lowest BCUT2D eigenvalue weighted by Gasteiger charge is -2.08. The zero-order valence-electron chi connectivity index (χ0n) is 10.3. The van der Waals surface area contributed by atoms with Gasteiger partial charge in [0.05, 0.1) is 16.4 Å². The maximum Gasteiger partial charge on any atom is 0.145 e. The summed E-state index contributed by atoms with van der Waals surface area (Å²) in [6, 6.07) is 6.36. The van der Waals surface area contributed by atoms with Gasteiger partial charge in [-0.2, -0.15) is 5.10 Å². The maximum absolute atomic E-state index is 13.2. The molecule has 0 N–H and O–H groups in total. The molecule has 1 heterocycles. The van der Waals surface area contributed by atoms with Crippen LogP contribution < -0.4 is 4.74 Å². The van der Waals surface area contributed by atoms with Gasteiger partial charge in [0.25, 0.3) is 0 Å². The van der Waals surface area contributed by atoms with Gasteiger partial charge in [-0.1, -0.05) is 11.6 Å². The van der Waals surface area contributed by atoms with Crippen molar-refractivity contribution in [3.05, 3.63) is 46.5 Å². The van der Waals surface area contributed by atoms with Crippen molar-refractivity contribution in [2.75, 3.05) is 0 Å². The highest BCUT2D eigenvalue weighted by Gasteiger charge is 2.06. The minimum absolute atomic E-state index is 0.0943. The molecule has 0 saturated heterocycles. The molecule has 0 bridgehead atoms. The first-order valence-electron chi connectivity index (χ1n) is 5.71. The average Bonchev–Trinajstić information content (AvgIpc) is 2.71. The largest absolute Gasteiger partial charge is 0.487 e. The molecule has 0 aliphatic heterocycles. The number of rotatable bonds is 4. The van der Waals surface area contributed by atoms with Gasteiger partial charge in [0.1, 0.15) is 18.2 Å². The van der Waals surface area contributed by atoms with E-state index in [0.717, 1.165) is 17.9 Å². The van der Waals surface area contributed by atoms with Crippen molar-refractivity contribution in [2.45, 2.75) is 27.0 Å². The fourth-order valence-electron chi connectivity index (χ4n) is 1.71. The number of aryl methyl sites for hydroxylation is 2. The van der Waals surface area contributed by atoms with Crippen LogP contribution in [0.2, 0.25) is 5.02 Å². The van der Waals surface area contributed by atoms with Crippen molar-refractivity contribution in [1.82, 2.24) is 9.78 Å². The SMILES string of the molecule is CCn1nc(C)cc1COc1ccc(Cl)c(F)c1. The van der Waals surface area contributed by atoms with Crippen molar-refractivity contribution in [3.8, 4) is 5.75 Å². The lowest BCUT2D eigenvalue weighted by atomic mass is 10.3. The summed E-state index contributed by atoms with van der Waals surface area (Å²) in [6.45, 7) is 5.08. The Morgan fingerprint density at radius 1 is 1.39 bits per heavy atom. The van der Waals surface area contributed by atoms with E-state index < -0.39 is 5.82 Å². The quantitative estimate of drug-likeness (QED) is 0.847. The topological polar surface area (TPSA) is 27.1 Å². The lowest BCUT2D eigenvalue weighted by Crippen LogP contribution is -2.06. The van der Waals surface area contributed by atoms with Gasteiger partial charge in [0.15, 0.2) is 0 Å². The zero-order chi connectivity index (χ0) is 13.1. The summed E-state index contributed by atoms with van der Waals surface area (Å²) in [5.41, 5.74) is 1.91. The summed E-state index contributed by atoms with van der Waals surface area (Å²) in [4.78, 5) is 0. The normalized spacial score (nSPS) is 10.7. The van der Waals surface area contributed by atoms with Crippen LogP contribution in [0, 0.1) is 12.7 Å². The first-order chi connectivity index (χ1) is 8.60. The zero-order valence-corrected chi connectivity index (χ0v) is 11.0. The molecule has 1 aromatic carbocycles. The molecule has 0 aliphatic carbocycles. The van der Waals surface area contributed by atoms with Gasteiger partial charge in [-0.3, -0.25) is 4.68 Å². The second-order valence-corrected chi connectivity index (χ2v) is 4.36. The van der Waals surface area contributed by atoms with Crippen molar-refractivity contribution in [2.24, 2.45) is 0 Å². The Bertz CT molecular complexity index is 554. The van der Waals surface area contributed by atoms with Crippen LogP contribution >= 0.6 is 11.6 Å². The Kier molecular flexibility index (Phi) is 3.87. The Balaban J connectivity index is 2.08. The summed E-state index contributed by atoms with van der Waals surface area (Å²) < 4.78 is 20.6. The predicted octanol–water partition coefficient (Wildman–Crippen LogP) is 3.58. The molecule has 2 aromatic rings. The van der Waals surface area contributed by atoms with Crippen LogP contribution in [0.3, 0.4) is 0 Å². The molecular weight excluding hydrogens is 255 g/mol. The van der Waals surface area contributed by atoms with E-state index in [1.54, 1.807) is 6.07 Å². The van der Waals surface area contributed by atoms with Gasteiger partial charge in [-0.05, 0) is 32.0 Å². The lowest BCUT2D eigenvalue weighted by molar-refractivity contribution is 0.291. The maximum atomic E-state index is 13.2. The monoisotopic (exact) mass is 268 g/mol. The van der Waals surface area contributed by atoms with Crippen LogP contribution in [-0.4, -0.2) is 9.78 Å². The Hall–Kier alpha value is -1.55. The second-order valence-electron chi connectivity index (χ2n) is 3.96. The number of halogens is 2. The minimum atomic E-state index is -0.477. The Morgan fingerprint density at radius 3 is 2.83 bits per heavy atom. The molecule has 0 amide bonds. The van der Waals surface area contributed by atoms with Crippen LogP contribution in [0.1, 0.15) is 18.3 Å². The minimum Gasteiger partial charge on any atom is -0.487 e. The molecular formula is C13H14ClFN2O. The third-order valence-corrected chi connectivity index (χ3v) is 2.87. The summed E-state index contributed by atoms with van der Waals surface area (Å²) >= 11 is 5.60. The first kappa shape index (κ1) is 12.9. The highest BCUT2D eigenvalue weighted by atomic mass is 35.5. The van der Waals surface area contributed by atoms with Gasteiger partial charge in [-0.15, -0.1) is 0 Å². The fourth-order valence-corrected chi connectivity index (χ4v) is 1.83. The molecule has 0 spiro atoms. The number of nitrogens with zero attached hydrogens (tertiary/aromatic N) is 2. The van der Waals surface area contributed by atoms with E-state index in [4.69, 9.17) is 16.3 Å². The van der Waals surface area contributed by atoms with E-state index in [2.05, 4.69) is 5.10 Å². The highest BCUT2D eigenvalue weighted by Crippen LogP contribution is 2.21. The van der Waals surface area contributed by atoms with Gasteiger partial charge in [-0.25, -0.2) is 4.39 Å². The van der Waals surface area contributed by atoms with Crippen LogP contribution in [0.4, 0.5) is 4.39 Å². The second kappa shape index (κ2) is 5.40. The summed E-state index contributed by atoms with van der Waals surface area (Å²) in [6.07, 6.45) is 0. The van der Waals surface area contributed by atoms with E-state index in [-0.39, 0.29) is 5.02 Å². The molecule has 0 radical (unpaired) electrons. The summed E-state index contributed by atoms with van der Waals surface area (Å²) in [5, 5.41) is 4.41. The Morgan fingerprint density at radius 2 is 2.17 bits per heavy atom. The standard InChI is InChI=1S/C13H14ClFN2O/c1-3-17-10(6-9(2)16-17)8-18-11-4-5-12(14)13(15)7-11/h4-7H,3,8H2,1-2H3. The van der Waals surface area contributed by atoms with E-state index in [0.29, 0.717) is 12.4 Å². The molecule has 3 nitrogen and oxygen atoms in total. The number of hydrogen-bond acceptors (Lipinski definition) is 2. The van der Waals surface area contributed by atoms with Gasteiger partial charge >= 0.3 is 0 Å². The summed E-state index contributed by atoms with van der Waals surface area (Å²) in [5.74, 6) is -0.0206. The van der Waals surface area contributed by atoms with Crippen molar-refractivity contribution < 1.29 is 9.13 Å². The molecule has 0 aliphatic rings. The van der Waals surface area contributed by atoms with E-state index in [9.17, 15) is 4.39 Å². The van der Waals surface area contributed by atoms with Crippen LogP contribution in [0.15, 0.2) is 24.3 Å². The number of benzene rings is 1. The molecule has 18 heavy (non-hydrogen) atoms. The average molecular weight is 269 g/mol. The van der Waals surface area contributed by atoms with Crippen LogP contribution in [0.5, 0.6) is 5.75 Å². The van der Waals surface area contributed by atoms with Crippen molar-refractivity contribution >= 4 is 11.6 Å². The molecule has 0 saturated carbocycles. The molecule has 0 atom stereocenters. The first-order valence-corrected chi connectivity index (χ1v) is 6.09. The predicted molar refractivity (Wildman–Crippen MR) is 68.4 cm³/mol. The van der Waals surface area contributed by atoms with Gasteiger partial charge in [0.2, 0.25) is 0 Å². The van der Waals surface area contributed by atoms with E-state index in [1.165, 1.54) is 12.1 Å². The van der Waals surface area contributed by atoms with Crippen LogP contribution in [-0.2, 0) is 13.2 Å². The summed E-state index contributed by atoms with van der Waals surface area (Å²) in [7, 11) is 0. The Labute approximate surface area is 110 Å². The fraction of sp³-hybridized carbons (Fsp3) is 0.308. The number of ether oxygens (including phenoxy) is 1. The number of hydrogen-bond donors (Lipinski definition) is 0. The van der Waals surface area contributed by atoms with Gasteiger partial charge < -0.3 is 4.74 Å². The molecule has 5 heteroatoms. The van der Waals surface area contributed by atoms with Crippen molar-refractivity contribution in [3.63, 3.8) is 0 Å². The molecule has 0 unspecified atom stereocenters. The smallest absolute Gasteiger partial charge is 0.145 e. The third-order valence-electron chi connectivity index (χ3n) is 2.56. The van der Waals surface area contributed by atoms with Gasteiger partial charge in [0, 0.05) is 12.6 Å². The molecule has 2 rings (SSSR count). The van der Waals surface area contributed by atoms with E-state index >= 15 is 0 Å². The van der Waals surface area contributed by atoms with E-state index in [1.807, 2.05) is 24.6 Å². The highest BCUT2D eigenvalue weighted by molar-refractivity contribution is 6.30. The van der Waals surface area contributed by atoms with Crippen LogP contribution in [0.25, 0.3) is 0 Å². The number of aromatic nitrogens is 2.